The Labute approximate surface area is 119 Å². The maximum Gasteiger partial charge on any atom is 0.125 e. The van der Waals surface area contributed by atoms with Crippen LogP contribution in [0.5, 0.6) is 0 Å². The molecule has 0 aromatic heterocycles. The van der Waals surface area contributed by atoms with Crippen LogP contribution >= 0.6 is 15.9 Å². The fraction of sp³-hybridized carbons (Fsp3) is 0.533. The van der Waals surface area contributed by atoms with Crippen LogP contribution in [0.4, 0.5) is 0 Å². The fourth-order valence-electron chi connectivity index (χ4n) is 1.80. The summed E-state index contributed by atoms with van der Waals surface area (Å²) in [5.74, 6) is 0.649. The molecule has 0 radical (unpaired) electrons. The molecular weight excluding hydrogens is 288 g/mol. The van der Waals surface area contributed by atoms with Crippen molar-refractivity contribution in [3.8, 4) is 0 Å². The number of hydrogen-bond donors (Lipinski definition) is 1. The Kier molecular flexibility index (Phi) is 7.74. The maximum absolute atomic E-state index is 5.94. The van der Waals surface area contributed by atoms with Crippen LogP contribution < -0.4 is 5.73 Å². The topological polar surface area (TPSA) is 38.4 Å². The van der Waals surface area contributed by atoms with Crippen molar-refractivity contribution in [2.45, 2.75) is 45.4 Å². The van der Waals surface area contributed by atoms with Crippen molar-refractivity contribution in [1.82, 2.24) is 0 Å². The summed E-state index contributed by atoms with van der Waals surface area (Å²) in [4.78, 5) is 4.42. The highest BCUT2D eigenvalue weighted by Crippen LogP contribution is 2.10. The zero-order valence-electron chi connectivity index (χ0n) is 11.2. The third kappa shape index (κ3) is 6.20. The van der Waals surface area contributed by atoms with Crippen molar-refractivity contribution in [3.63, 3.8) is 0 Å². The van der Waals surface area contributed by atoms with Gasteiger partial charge >= 0.3 is 0 Å². The van der Waals surface area contributed by atoms with Gasteiger partial charge in [0.25, 0.3) is 0 Å². The summed E-state index contributed by atoms with van der Waals surface area (Å²) in [6, 6.07) is 7.96. The predicted molar refractivity (Wildman–Crippen MR) is 83.1 cm³/mol. The van der Waals surface area contributed by atoms with Crippen LogP contribution in [0.15, 0.2) is 33.7 Å². The lowest BCUT2D eigenvalue weighted by atomic mass is 10.1. The van der Waals surface area contributed by atoms with Crippen LogP contribution in [0.25, 0.3) is 0 Å². The van der Waals surface area contributed by atoms with Gasteiger partial charge in [-0.25, -0.2) is 0 Å². The molecule has 1 rings (SSSR count). The monoisotopic (exact) mass is 310 g/mol. The molecule has 0 amide bonds. The van der Waals surface area contributed by atoms with E-state index in [2.05, 4.69) is 27.8 Å². The molecule has 1 aromatic carbocycles. The van der Waals surface area contributed by atoms with E-state index in [1.165, 1.54) is 32.1 Å². The minimum Gasteiger partial charge on any atom is -0.384 e. The highest BCUT2D eigenvalue weighted by molar-refractivity contribution is 9.10. The van der Waals surface area contributed by atoms with E-state index < -0.39 is 0 Å². The van der Waals surface area contributed by atoms with Gasteiger partial charge in [-0.3, -0.25) is 4.99 Å². The van der Waals surface area contributed by atoms with E-state index in [-0.39, 0.29) is 0 Å². The molecule has 0 fully saturated rings. The summed E-state index contributed by atoms with van der Waals surface area (Å²) in [5.41, 5.74) is 6.95. The van der Waals surface area contributed by atoms with Gasteiger partial charge in [0, 0.05) is 16.6 Å². The number of hydrogen-bond acceptors (Lipinski definition) is 1. The quantitative estimate of drug-likeness (QED) is 0.428. The highest BCUT2D eigenvalue weighted by atomic mass is 79.9. The predicted octanol–water partition coefficient (Wildman–Crippen LogP) is 4.51. The molecular formula is C15H23BrN2. The molecule has 0 bridgehead atoms. The van der Waals surface area contributed by atoms with Crippen LogP contribution in [0, 0.1) is 0 Å². The van der Waals surface area contributed by atoms with E-state index in [0.717, 1.165) is 23.0 Å². The molecule has 18 heavy (non-hydrogen) atoms. The molecule has 0 heterocycles. The van der Waals surface area contributed by atoms with Crippen molar-refractivity contribution >= 4 is 21.8 Å². The van der Waals surface area contributed by atoms with Crippen LogP contribution in [0.3, 0.4) is 0 Å². The summed E-state index contributed by atoms with van der Waals surface area (Å²) >= 11 is 3.41. The molecule has 0 saturated carbocycles. The van der Waals surface area contributed by atoms with Crippen molar-refractivity contribution in [1.29, 1.82) is 0 Å². The highest BCUT2D eigenvalue weighted by Gasteiger charge is 1.97. The Bertz CT molecular complexity index is 357. The molecule has 0 unspecified atom stereocenters. The SMILES string of the molecule is CCCCCCCCN=C(N)c1ccc(Br)cc1. The molecule has 0 atom stereocenters. The van der Waals surface area contributed by atoms with Crippen LogP contribution in [0.1, 0.15) is 51.0 Å². The van der Waals surface area contributed by atoms with Crippen molar-refractivity contribution in [2.75, 3.05) is 6.54 Å². The first kappa shape index (κ1) is 15.2. The number of halogens is 1. The minimum absolute atomic E-state index is 0.649. The van der Waals surface area contributed by atoms with Gasteiger partial charge < -0.3 is 5.73 Å². The maximum atomic E-state index is 5.94. The van der Waals surface area contributed by atoms with E-state index in [0.29, 0.717) is 5.84 Å². The lowest BCUT2D eigenvalue weighted by Gasteiger charge is -2.02. The molecule has 2 nitrogen and oxygen atoms in total. The van der Waals surface area contributed by atoms with Gasteiger partial charge in [-0.05, 0) is 18.6 Å². The molecule has 3 heteroatoms. The lowest BCUT2D eigenvalue weighted by Crippen LogP contribution is -2.13. The Morgan fingerprint density at radius 3 is 2.33 bits per heavy atom. The van der Waals surface area contributed by atoms with E-state index in [1.807, 2.05) is 24.3 Å². The fourth-order valence-corrected chi connectivity index (χ4v) is 2.07. The third-order valence-corrected chi connectivity index (χ3v) is 3.46. The zero-order chi connectivity index (χ0) is 13.2. The largest absolute Gasteiger partial charge is 0.384 e. The van der Waals surface area contributed by atoms with E-state index in [4.69, 9.17) is 5.73 Å². The average molecular weight is 311 g/mol. The first-order chi connectivity index (χ1) is 8.74. The first-order valence-electron chi connectivity index (χ1n) is 6.80. The first-order valence-corrected chi connectivity index (χ1v) is 7.59. The summed E-state index contributed by atoms with van der Waals surface area (Å²) in [6.45, 7) is 3.08. The molecule has 0 aliphatic heterocycles. The van der Waals surface area contributed by atoms with E-state index in [9.17, 15) is 0 Å². The number of nitrogens with two attached hydrogens (primary N) is 1. The normalized spacial score (nSPS) is 11.8. The second-order valence-electron chi connectivity index (χ2n) is 4.54. The molecule has 0 spiro atoms. The van der Waals surface area contributed by atoms with Crippen LogP contribution in [0.2, 0.25) is 0 Å². The molecule has 0 saturated heterocycles. The summed E-state index contributed by atoms with van der Waals surface area (Å²) in [6.07, 6.45) is 7.72. The van der Waals surface area contributed by atoms with Crippen LogP contribution in [-0.4, -0.2) is 12.4 Å². The smallest absolute Gasteiger partial charge is 0.125 e. The summed E-state index contributed by atoms with van der Waals surface area (Å²) in [5, 5.41) is 0. The van der Waals surface area contributed by atoms with Gasteiger partial charge in [0.05, 0.1) is 0 Å². The Morgan fingerprint density at radius 1 is 1.06 bits per heavy atom. The van der Waals surface area contributed by atoms with Gasteiger partial charge in [-0.15, -0.1) is 0 Å². The minimum atomic E-state index is 0.649. The molecule has 0 aliphatic rings. The standard InChI is InChI=1S/C15H23BrN2/c1-2-3-4-5-6-7-12-18-15(17)13-8-10-14(16)11-9-13/h8-11H,2-7,12H2,1H3,(H2,17,18). The number of aliphatic imine (C=N–C) groups is 1. The van der Waals surface area contributed by atoms with E-state index >= 15 is 0 Å². The van der Waals surface area contributed by atoms with Crippen molar-refractivity contribution in [3.05, 3.63) is 34.3 Å². The van der Waals surface area contributed by atoms with Crippen molar-refractivity contribution in [2.24, 2.45) is 10.7 Å². The van der Waals surface area contributed by atoms with Gasteiger partial charge in [-0.1, -0.05) is 67.1 Å². The summed E-state index contributed by atoms with van der Waals surface area (Å²) < 4.78 is 1.06. The van der Waals surface area contributed by atoms with Crippen LogP contribution in [-0.2, 0) is 0 Å². The second kappa shape index (κ2) is 9.15. The van der Waals surface area contributed by atoms with Gasteiger partial charge in [0.2, 0.25) is 0 Å². The molecule has 2 N–H and O–H groups in total. The number of amidine groups is 1. The molecule has 1 aromatic rings. The zero-order valence-corrected chi connectivity index (χ0v) is 12.7. The second-order valence-corrected chi connectivity index (χ2v) is 5.46. The average Bonchev–Trinajstić information content (AvgIpc) is 2.38. The van der Waals surface area contributed by atoms with Crippen molar-refractivity contribution < 1.29 is 0 Å². The molecule has 100 valence electrons. The number of rotatable bonds is 8. The third-order valence-electron chi connectivity index (χ3n) is 2.93. The lowest BCUT2D eigenvalue weighted by molar-refractivity contribution is 0.612. The number of unbranched alkanes of at least 4 members (excludes halogenated alkanes) is 5. The van der Waals surface area contributed by atoms with E-state index in [1.54, 1.807) is 0 Å². The van der Waals surface area contributed by atoms with Gasteiger partial charge in [-0.2, -0.15) is 0 Å². The van der Waals surface area contributed by atoms with Gasteiger partial charge in [0.15, 0.2) is 0 Å². The molecule has 0 aliphatic carbocycles. The number of nitrogens with zero attached hydrogens (tertiary/aromatic N) is 1. The summed E-state index contributed by atoms with van der Waals surface area (Å²) in [7, 11) is 0. The number of benzene rings is 1. The Hall–Kier alpha value is -0.830. The Morgan fingerprint density at radius 2 is 1.67 bits per heavy atom. The Balaban J connectivity index is 2.23. The van der Waals surface area contributed by atoms with Gasteiger partial charge in [0.1, 0.15) is 5.84 Å².